The molecule has 3 N–H and O–H groups in total. The lowest BCUT2D eigenvalue weighted by atomic mass is 9.86. The number of nitrogens with one attached hydrogen (secondary N) is 2. The van der Waals surface area contributed by atoms with Crippen molar-refractivity contribution >= 4 is 21.7 Å². The number of hydrogen-bond donors (Lipinski definition) is 3. The van der Waals surface area contributed by atoms with Crippen molar-refractivity contribution in [3.63, 3.8) is 0 Å². The number of aliphatic hydroxyl groups excluding tert-OH is 1. The Kier molecular flexibility index (Phi) is 4.17. The van der Waals surface area contributed by atoms with E-state index >= 15 is 0 Å². The van der Waals surface area contributed by atoms with Crippen molar-refractivity contribution in [1.29, 1.82) is 0 Å². The van der Waals surface area contributed by atoms with Gasteiger partial charge in [-0.1, -0.05) is 12.8 Å². The molecular formula is C11H16BrN3O2. The summed E-state index contributed by atoms with van der Waals surface area (Å²) in [5.74, 6) is 0.781. The third-order valence-electron chi connectivity index (χ3n) is 3.20. The van der Waals surface area contributed by atoms with Gasteiger partial charge in [0.1, 0.15) is 10.3 Å². The highest BCUT2D eigenvalue weighted by Gasteiger charge is 2.23. The minimum Gasteiger partial charge on any atom is -0.393 e. The predicted molar refractivity (Wildman–Crippen MR) is 69.0 cm³/mol. The number of hydrogen-bond acceptors (Lipinski definition) is 4. The van der Waals surface area contributed by atoms with Crippen LogP contribution in [-0.2, 0) is 0 Å². The molecule has 0 bridgehead atoms. The maximum atomic E-state index is 11.3. The van der Waals surface area contributed by atoms with Gasteiger partial charge in [-0.25, -0.2) is 4.98 Å². The Morgan fingerprint density at radius 2 is 2.29 bits per heavy atom. The first-order valence-corrected chi connectivity index (χ1v) is 6.63. The lowest BCUT2D eigenvalue weighted by molar-refractivity contribution is 0.0763. The highest BCUT2D eigenvalue weighted by Crippen LogP contribution is 2.25. The predicted octanol–water partition coefficient (Wildman–Crippen LogP) is 1.50. The summed E-state index contributed by atoms with van der Waals surface area (Å²) in [5, 5.41) is 12.9. The van der Waals surface area contributed by atoms with Crippen LogP contribution < -0.4 is 10.9 Å². The molecule has 1 aliphatic rings. The van der Waals surface area contributed by atoms with E-state index in [0.29, 0.717) is 16.8 Å². The summed E-state index contributed by atoms with van der Waals surface area (Å²) in [4.78, 5) is 17.9. The molecule has 1 aliphatic carbocycles. The van der Waals surface area contributed by atoms with Gasteiger partial charge in [0.25, 0.3) is 5.56 Å². The average molecular weight is 302 g/mol. The second-order valence-corrected chi connectivity index (χ2v) is 5.18. The van der Waals surface area contributed by atoms with E-state index < -0.39 is 0 Å². The fourth-order valence-electron chi connectivity index (χ4n) is 2.16. The second kappa shape index (κ2) is 5.64. The summed E-state index contributed by atoms with van der Waals surface area (Å²) in [6.07, 6.45) is 5.28. The zero-order chi connectivity index (χ0) is 12.3. The van der Waals surface area contributed by atoms with Crippen LogP contribution in [0.4, 0.5) is 5.82 Å². The quantitative estimate of drug-likeness (QED) is 0.790. The molecule has 1 aromatic rings. The Labute approximate surface area is 108 Å². The molecule has 1 fully saturated rings. The minimum atomic E-state index is -0.239. The molecule has 0 aliphatic heterocycles. The largest absolute Gasteiger partial charge is 0.393 e. The van der Waals surface area contributed by atoms with Gasteiger partial charge in [0.15, 0.2) is 0 Å². The molecule has 1 aromatic heterocycles. The highest BCUT2D eigenvalue weighted by molar-refractivity contribution is 9.10. The summed E-state index contributed by atoms with van der Waals surface area (Å²) >= 11 is 3.19. The molecule has 2 rings (SSSR count). The van der Waals surface area contributed by atoms with Crippen molar-refractivity contribution < 1.29 is 5.11 Å². The maximum absolute atomic E-state index is 11.3. The van der Waals surface area contributed by atoms with E-state index in [-0.39, 0.29) is 17.6 Å². The third-order valence-corrected chi connectivity index (χ3v) is 3.93. The second-order valence-electron chi connectivity index (χ2n) is 4.39. The van der Waals surface area contributed by atoms with Crippen LogP contribution in [0.2, 0.25) is 0 Å². The van der Waals surface area contributed by atoms with Gasteiger partial charge in [0, 0.05) is 12.5 Å². The van der Waals surface area contributed by atoms with Crippen LogP contribution in [0.5, 0.6) is 0 Å². The van der Waals surface area contributed by atoms with Crippen LogP contribution in [0.3, 0.4) is 0 Å². The summed E-state index contributed by atoms with van der Waals surface area (Å²) in [6.45, 7) is 0.649. The highest BCUT2D eigenvalue weighted by atomic mass is 79.9. The Morgan fingerprint density at radius 1 is 1.53 bits per heavy atom. The first kappa shape index (κ1) is 12.6. The van der Waals surface area contributed by atoms with Gasteiger partial charge in [-0.3, -0.25) is 4.79 Å². The number of aromatic nitrogens is 2. The van der Waals surface area contributed by atoms with Crippen LogP contribution >= 0.6 is 15.9 Å². The SMILES string of the molecule is O=c1[nH]cnc(NCC2CCCCC2O)c1Br. The molecule has 2 atom stereocenters. The van der Waals surface area contributed by atoms with Gasteiger partial charge in [0.2, 0.25) is 0 Å². The van der Waals surface area contributed by atoms with Crippen LogP contribution in [-0.4, -0.2) is 27.7 Å². The Balaban J connectivity index is 1.97. The molecule has 1 heterocycles. The van der Waals surface area contributed by atoms with E-state index in [4.69, 9.17) is 0 Å². The average Bonchev–Trinajstić information content (AvgIpc) is 2.33. The smallest absolute Gasteiger partial charge is 0.267 e. The lowest BCUT2D eigenvalue weighted by Gasteiger charge is -2.27. The molecule has 17 heavy (non-hydrogen) atoms. The minimum absolute atomic E-state index is 0.202. The molecule has 0 spiro atoms. The van der Waals surface area contributed by atoms with Crippen LogP contribution in [0, 0.1) is 5.92 Å². The number of anilines is 1. The van der Waals surface area contributed by atoms with Gasteiger partial charge in [-0.05, 0) is 28.8 Å². The fraction of sp³-hybridized carbons (Fsp3) is 0.636. The summed E-state index contributed by atoms with van der Waals surface area (Å²) < 4.78 is 0.408. The van der Waals surface area contributed by atoms with E-state index in [0.717, 1.165) is 25.7 Å². The number of rotatable bonds is 3. The normalized spacial score (nSPS) is 24.6. The monoisotopic (exact) mass is 301 g/mol. The van der Waals surface area contributed by atoms with Gasteiger partial charge < -0.3 is 15.4 Å². The number of H-pyrrole nitrogens is 1. The molecule has 2 unspecified atom stereocenters. The summed E-state index contributed by atoms with van der Waals surface area (Å²) in [5.41, 5.74) is -0.202. The molecule has 94 valence electrons. The van der Waals surface area contributed by atoms with Gasteiger partial charge in [-0.15, -0.1) is 0 Å². The van der Waals surface area contributed by atoms with Crippen molar-refractivity contribution in [3.05, 3.63) is 21.2 Å². The molecule has 0 saturated heterocycles. The van der Waals surface area contributed by atoms with Crippen molar-refractivity contribution in [2.24, 2.45) is 5.92 Å². The number of aromatic amines is 1. The Morgan fingerprint density at radius 3 is 3.06 bits per heavy atom. The van der Waals surface area contributed by atoms with E-state index in [1.54, 1.807) is 0 Å². The Hall–Kier alpha value is -0.880. The molecule has 5 nitrogen and oxygen atoms in total. The van der Waals surface area contributed by atoms with E-state index in [2.05, 4.69) is 31.2 Å². The first-order chi connectivity index (χ1) is 8.18. The van der Waals surface area contributed by atoms with Crippen LogP contribution in [0.1, 0.15) is 25.7 Å². The maximum Gasteiger partial charge on any atom is 0.267 e. The van der Waals surface area contributed by atoms with Crippen LogP contribution in [0.15, 0.2) is 15.6 Å². The number of halogens is 1. The lowest BCUT2D eigenvalue weighted by Crippen LogP contribution is -2.30. The van der Waals surface area contributed by atoms with E-state index in [9.17, 15) is 9.90 Å². The molecule has 1 saturated carbocycles. The zero-order valence-corrected chi connectivity index (χ0v) is 11.0. The van der Waals surface area contributed by atoms with E-state index in [1.165, 1.54) is 6.33 Å². The summed E-state index contributed by atoms with van der Waals surface area (Å²) in [7, 11) is 0. The molecule has 0 aromatic carbocycles. The van der Waals surface area contributed by atoms with Gasteiger partial charge in [0.05, 0.1) is 12.4 Å². The zero-order valence-electron chi connectivity index (χ0n) is 9.45. The molecule has 6 heteroatoms. The number of nitrogens with zero attached hydrogens (tertiary/aromatic N) is 1. The van der Waals surface area contributed by atoms with Crippen LogP contribution in [0.25, 0.3) is 0 Å². The molecular weight excluding hydrogens is 286 g/mol. The van der Waals surface area contributed by atoms with Gasteiger partial charge in [-0.2, -0.15) is 0 Å². The van der Waals surface area contributed by atoms with Crippen molar-refractivity contribution in [2.75, 3.05) is 11.9 Å². The first-order valence-electron chi connectivity index (χ1n) is 5.83. The fourth-order valence-corrected chi connectivity index (χ4v) is 2.52. The summed E-state index contributed by atoms with van der Waals surface area (Å²) in [6, 6.07) is 0. The Bertz CT molecular complexity index is 435. The molecule has 0 radical (unpaired) electrons. The number of aliphatic hydroxyl groups is 1. The standard InChI is InChI=1S/C11H16BrN3O2/c12-9-10(14-6-15-11(9)17)13-5-7-3-1-2-4-8(7)16/h6-8,16H,1-5H2,(H2,13,14,15,17). The topological polar surface area (TPSA) is 78.0 Å². The van der Waals surface area contributed by atoms with Gasteiger partial charge >= 0.3 is 0 Å². The van der Waals surface area contributed by atoms with Crippen molar-refractivity contribution in [2.45, 2.75) is 31.8 Å². The molecule has 0 amide bonds. The third kappa shape index (κ3) is 3.07. The van der Waals surface area contributed by atoms with Crippen molar-refractivity contribution in [1.82, 2.24) is 9.97 Å². The van der Waals surface area contributed by atoms with E-state index in [1.807, 2.05) is 0 Å². The van der Waals surface area contributed by atoms with Crippen molar-refractivity contribution in [3.8, 4) is 0 Å².